The van der Waals surface area contributed by atoms with Gasteiger partial charge in [0.1, 0.15) is 17.2 Å². The van der Waals surface area contributed by atoms with E-state index in [2.05, 4.69) is 6.92 Å². The van der Waals surface area contributed by atoms with E-state index in [1.807, 2.05) is 13.8 Å². The molecule has 2 aliphatic rings. The fourth-order valence-corrected chi connectivity index (χ4v) is 4.26. The first-order valence-electron chi connectivity index (χ1n) is 10.7. The van der Waals surface area contributed by atoms with E-state index in [0.717, 1.165) is 37.2 Å². The van der Waals surface area contributed by atoms with Crippen LogP contribution in [0.4, 0.5) is 0 Å². The number of phenolic OH excluding ortho intramolecular Hbond substituents is 2. The van der Waals surface area contributed by atoms with Crippen LogP contribution in [0.5, 0.6) is 17.2 Å². The molecule has 4 rings (SSSR count). The van der Waals surface area contributed by atoms with Gasteiger partial charge < -0.3 is 24.4 Å². The second-order valence-electron chi connectivity index (χ2n) is 8.27. The molecule has 0 amide bonds. The number of aromatic hydroxyl groups is 2. The number of methoxy groups -OCH3 is 1. The molecule has 1 heterocycles. The first-order chi connectivity index (χ1) is 14.8. The third kappa shape index (κ3) is 4.70. The van der Waals surface area contributed by atoms with Crippen molar-refractivity contribution in [1.82, 2.24) is 0 Å². The molecule has 1 fully saturated rings. The summed E-state index contributed by atoms with van der Waals surface area (Å²) < 4.78 is 15.2. The fourth-order valence-electron chi connectivity index (χ4n) is 4.26. The van der Waals surface area contributed by atoms with Gasteiger partial charge in [0.15, 0.2) is 12.1 Å². The van der Waals surface area contributed by atoms with E-state index in [1.54, 1.807) is 32.2 Å². The highest BCUT2D eigenvalue weighted by Gasteiger charge is 2.29. The highest BCUT2D eigenvalue weighted by Crippen LogP contribution is 2.43. The van der Waals surface area contributed by atoms with Crippen LogP contribution in [0.3, 0.4) is 0 Å². The maximum atomic E-state index is 13.2. The van der Waals surface area contributed by atoms with Gasteiger partial charge in [0, 0.05) is 27.8 Å². The van der Waals surface area contributed by atoms with Crippen LogP contribution in [0.1, 0.15) is 58.4 Å². The summed E-state index contributed by atoms with van der Waals surface area (Å²) in [4.78, 5) is 13.2. The summed E-state index contributed by atoms with van der Waals surface area (Å²) in [5.74, 6) is 0.913. The van der Waals surface area contributed by atoms with Crippen molar-refractivity contribution in [3.8, 4) is 17.2 Å². The van der Waals surface area contributed by atoms with Crippen molar-refractivity contribution in [1.29, 1.82) is 0 Å². The summed E-state index contributed by atoms with van der Waals surface area (Å²) >= 11 is 0. The molecule has 168 valence electrons. The first kappa shape index (κ1) is 23.1. The molecule has 0 aromatic heterocycles. The molecule has 0 radical (unpaired) electrons. The predicted molar refractivity (Wildman–Crippen MR) is 118 cm³/mol. The molecule has 1 atom stereocenters. The van der Waals surface area contributed by atoms with Crippen molar-refractivity contribution in [3.63, 3.8) is 0 Å². The quantitative estimate of drug-likeness (QED) is 0.555. The van der Waals surface area contributed by atoms with Gasteiger partial charge in [-0.05, 0) is 52.0 Å². The number of hydrogen-bond acceptors (Lipinski definition) is 6. The molecule has 0 spiro atoms. The molecule has 2 aromatic rings. The molecular weight excluding hydrogens is 396 g/mol. The average molecular weight is 429 g/mol. The van der Waals surface area contributed by atoms with Gasteiger partial charge in [-0.15, -0.1) is 0 Å². The number of carbonyl (C=O) groups is 1. The highest BCUT2D eigenvalue weighted by molar-refractivity contribution is 6.13. The summed E-state index contributed by atoms with van der Waals surface area (Å²) in [5, 5.41) is 21.5. The standard InChI is InChI=1S/C21H24O4.C4H8O2/c1-11-8-9-15-16(10-11)21(24)18(13(3)19(15)22)20(23)14-6-5-7-17(25-4)12(14)2;1-4-5-2-3-6-4/h5-7,11,22,24H,8-10H2,1-4H3;4H,2-3H2,1H3/t11-;/m0./s1. The zero-order valence-corrected chi connectivity index (χ0v) is 18.9. The molecular formula is C25H32O6. The number of hydrogen-bond donors (Lipinski definition) is 2. The van der Waals surface area contributed by atoms with Gasteiger partial charge in [-0.3, -0.25) is 4.79 Å². The Morgan fingerprint density at radius 3 is 2.29 bits per heavy atom. The van der Waals surface area contributed by atoms with Crippen LogP contribution in [0, 0.1) is 19.8 Å². The number of ether oxygens (including phenoxy) is 3. The maximum Gasteiger partial charge on any atom is 0.197 e. The largest absolute Gasteiger partial charge is 0.507 e. The second-order valence-corrected chi connectivity index (χ2v) is 8.27. The van der Waals surface area contributed by atoms with Crippen molar-refractivity contribution < 1.29 is 29.2 Å². The van der Waals surface area contributed by atoms with E-state index in [0.29, 0.717) is 34.8 Å². The van der Waals surface area contributed by atoms with Gasteiger partial charge in [0.05, 0.1) is 25.9 Å². The molecule has 6 nitrogen and oxygen atoms in total. The number of phenols is 2. The van der Waals surface area contributed by atoms with Crippen LogP contribution in [0.25, 0.3) is 0 Å². The van der Waals surface area contributed by atoms with Gasteiger partial charge in [-0.1, -0.05) is 19.1 Å². The van der Waals surface area contributed by atoms with Crippen LogP contribution in [-0.2, 0) is 22.3 Å². The number of rotatable bonds is 3. The minimum absolute atomic E-state index is 0.0177. The number of ketones is 1. The molecule has 2 aromatic carbocycles. The van der Waals surface area contributed by atoms with E-state index in [4.69, 9.17) is 14.2 Å². The Morgan fingerprint density at radius 1 is 1.03 bits per heavy atom. The lowest BCUT2D eigenvalue weighted by Gasteiger charge is -2.26. The Labute approximate surface area is 183 Å². The molecule has 2 N–H and O–H groups in total. The Morgan fingerprint density at radius 2 is 1.71 bits per heavy atom. The molecule has 0 bridgehead atoms. The van der Waals surface area contributed by atoms with Crippen molar-refractivity contribution in [3.05, 3.63) is 51.6 Å². The Balaban J connectivity index is 0.000000391. The van der Waals surface area contributed by atoms with Crippen molar-refractivity contribution >= 4 is 5.78 Å². The fraction of sp³-hybridized carbons (Fsp3) is 0.480. The van der Waals surface area contributed by atoms with Gasteiger partial charge in [-0.2, -0.15) is 0 Å². The molecule has 1 aliphatic carbocycles. The van der Waals surface area contributed by atoms with E-state index in [-0.39, 0.29) is 29.1 Å². The van der Waals surface area contributed by atoms with Crippen molar-refractivity contribution in [2.75, 3.05) is 20.3 Å². The minimum atomic E-state index is -0.289. The third-order valence-corrected chi connectivity index (χ3v) is 6.11. The topological polar surface area (TPSA) is 85.2 Å². The summed E-state index contributed by atoms with van der Waals surface area (Å²) in [6.45, 7) is 9.05. The second kappa shape index (κ2) is 9.71. The number of carbonyl (C=O) groups excluding carboxylic acids is 1. The lowest BCUT2D eigenvalue weighted by molar-refractivity contribution is -0.0254. The van der Waals surface area contributed by atoms with Crippen LogP contribution in [0.2, 0.25) is 0 Å². The van der Waals surface area contributed by atoms with Crippen molar-refractivity contribution in [2.45, 2.75) is 53.2 Å². The van der Waals surface area contributed by atoms with Gasteiger partial charge in [0.2, 0.25) is 0 Å². The lowest BCUT2D eigenvalue weighted by Crippen LogP contribution is -2.16. The highest BCUT2D eigenvalue weighted by atomic mass is 16.7. The van der Waals surface area contributed by atoms with Crippen LogP contribution >= 0.6 is 0 Å². The van der Waals surface area contributed by atoms with Crippen LogP contribution < -0.4 is 4.74 Å². The minimum Gasteiger partial charge on any atom is -0.507 e. The van der Waals surface area contributed by atoms with E-state index in [9.17, 15) is 15.0 Å². The summed E-state index contributed by atoms with van der Waals surface area (Å²) in [5.41, 5.74) is 3.33. The Hall–Kier alpha value is -2.57. The molecule has 1 aliphatic heterocycles. The van der Waals surface area contributed by atoms with Gasteiger partial charge >= 0.3 is 0 Å². The van der Waals surface area contributed by atoms with E-state index in [1.165, 1.54) is 0 Å². The number of fused-ring (bicyclic) bond motifs is 1. The van der Waals surface area contributed by atoms with Crippen LogP contribution in [-0.4, -0.2) is 42.6 Å². The van der Waals surface area contributed by atoms with Gasteiger partial charge in [0.25, 0.3) is 0 Å². The predicted octanol–water partition coefficient (Wildman–Crippen LogP) is 4.46. The van der Waals surface area contributed by atoms with Gasteiger partial charge in [-0.25, -0.2) is 0 Å². The molecule has 0 unspecified atom stereocenters. The Bertz CT molecular complexity index is 959. The van der Waals surface area contributed by atoms with Crippen LogP contribution in [0.15, 0.2) is 18.2 Å². The molecule has 1 saturated heterocycles. The van der Waals surface area contributed by atoms with Crippen molar-refractivity contribution in [2.24, 2.45) is 5.92 Å². The molecule has 0 saturated carbocycles. The number of benzene rings is 2. The molecule has 6 heteroatoms. The third-order valence-electron chi connectivity index (χ3n) is 6.11. The zero-order chi connectivity index (χ0) is 22.7. The zero-order valence-electron chi connectivity index (χ0n) is 18.9. The van der Waals surface area contributed by atoms with E-state index < -0.39 is 0 Å². The Kier molecular flexibility index (Phi) is 7.23. The van der Waals surface area contributed by atoms with E-state index >= 15 is 0 Å². The smallest absolute Gasteiger partial charge is 0.197 e. The SMILES string of the molecule is CC1OCCO1.COc1cccc(C(=O)c2c(C)c(O)c3c(c2O)C[C@@H](C)CC3)c1C. The summed E-state index contributed by atoms with van der Waals surface area (Å²) in [7, 11) is 1.56. The first-order valence-corrected chi connectivity index (χ1v) is 10.7. The molecule has 31 heavy (non-hydrogen) atoms. The average Bonchev–Trinajstić information content (AvgIpc) is 3.23. The summed E-state index contributed by atoms with van der Waals surface area (Å²) in [6.07, 6.45) is 2.42. The maximum absolute atomic E-state index is 13.2. The lowest BCUT2D eigenvalue weighted by atomic mass is 9.80. The monoisotopic (exact) mass is 428 g/mol. The summed E-state index contributed by atoms with van der Waals surface area (Å²) in [6, 6.07) is 5.27. The normalized spacial score (nSPS) is 18.2.